The summed E-state index contributed by atoms with van der Waals surface area (Å²) >= 11 is 7.31. The Kier molecular flexibility index (Phi) is 10.9. The molecule has 14 heteroatoms. The summed E-state index contributed by atoms with van der Waals surface area (Å²) in [6.45, 7) is -0.0546. The standard InChI is InChI=1S/C23H22F5N5O2.CH4S2/c24-17-6-7-19(25)16(10-17)11-18(31-35-14-15-4-2-1-3-5-15)12-21(34)32-8-9-33-20(13-32)29-30-22(33)23(26,27)28;2-1-3/h1-7,10,18,31H,8-9,11-14H2;2-3H,1H2. The van der Waals surface area contributed by atoms with E-state index < -0.39 is 35.6 Å². The summed E-state index contributed by atoms with van der Waals surface area (Å²) < 4.78 is 68.0. The van der Waals surface area contributed by atoms with E-state index in [1.165, 1.54) is 4.90 Å². The van der Waals surface area contributed by atoms with E-state index in [-0.39, 0.29) is 50.5 Å². The average Bonchev–Trinajstić information content (AvgIpc) is 3.31. The number of amides is 1. The topological polar surface area (TPSA) is 72.3 Å². The predicted octanol–water partition coefficient (Wildman–Crippen LogP) is 4.44. The SMILES string of the molecule is O=C(CC(Cc1cc(F)ccc1F)NOCc1ccccc1)N1CCn2c(nnc2C(F)(F)F)C1.SCS. The van der Waals surface area contributed by atoms with Gasteiger partial charge in [0.25, 0.3) is 0 Å². The molecule has 38 heavy (non-hydrogen) atoms. The van der Waals surface area contributed by atoms with Crippen LogP contribution in [0.25, 0.3) is 0 Å². The normalized spacial score (nSPS) is 13.9. The van der Waals surface area contributed by atoms with Crippen LogP contribution < -0.4 is 5.48 Å². The highest BCUT2D eigenvalue weighted by atomic mass is 32.2. The fourth-order valence-corrected chi connectivity index (χ4v) is 3.86. The number of carbonyl (C=O) groups excluding carboxylic acids is 1. The second-order valence-corrected chi connectivity index (χ2v) is 9.41. The minimum atomic E-state index is -4.64. The van der Waals surface area contributed by atoms with Crippen molar-refractivity contribution in [3.63, 3.8) is 0 Å². The van der Waals surface area contributed by atoms with Crippen LogP contribution in [-0.4, -0.2) is 43.2 Å². The largest absolute Gasteiger partial charge is 0.451 e. The van der Waals surface area contributed by atoms with E-state index in [4.69, 9.17) is 4.84 Å². The monoisotopic (exact) mass is 575 g/mol. The molecular weight excluding hydrogens is 549 g/mol. The number of benzene rings is 2. The van der Waals surface area contributed by atoms with Gasteiger partial charge in [0.15, 0.2) is 5.82 Å². The predicted molar refractivity (Wildman–Crippen MR) is 136 cm³/mol. The second kappa shape index (κ2) is 13.9. The summed E-state index contributed by atoms with van der Waals surface area (Å²) in [7, 11) is 0. The molecule has 1 aromatic heterocycles. The number of hydroxylamine groups is 1. The quantitative estimate of drug-likeness (QED) is 0.160. The maximum absolute atomic E-state index is 14.2. The van der Waals surface area contributed by atoms with Crippen molar-refractivity contribution in [1.82, 2.24) is 25.1 Å². The van der Waals surface area contributed by atoms with E-state index in [2.05, 4.69) is 40.9 Å². The molecule has 3 aromatic rings. The van der Waals surface area contributed by atoms with E-state index in [0.717, 1.165) is 28.3 Å². The number of alkyl halides is 3. The molecular formula is C24H26F5N5O2S2. The van der Waals surface area contributed by atoms with Crippen LogP contribution in [0.1, 0.15) is 29.2 Å². The molecule has 1 amide bonds. The van der Waals surface area contributed by atoms with Gasteiger partial charge in [-0.15, -0.1) is 10.2 Å². The molecule has 0 saturated heterocycles. The van der Waals surface area contributed by atoms with Crippen LogP contribution in [0.5, 0.6) is 0 Å². The molecule has 0 bridgehead atoms. The molecule has 1 atom stereocenters. The van der Waals surface area contributed by atoms with Gasteiger partial charge < -0.3 is 9.47 Å². The third-order valence-electron chi connectivity index (χ3n) is 5.59. The van der Waals surface area contributed by atoms with E-state index in [1.54, 1.807) is 0 Å². The van der Waals surface area contributed by atoms with Crippen LogP contribution >= 0.6 is 25.3 Å². The maximum Gasteiger partial charge on any atom is 0.451 e. The Morgan fingerprint density at radius 1 is 1.08 bits per heavy atom. The molecule has 1 aliphatic heterocycles. The molecule has 0 fully saturated rings. The van der Waals surface area contributed by atoms with Gasteiger partial charge in [0.2, 0.25) is 11.7 Å². The van der Waals surface area contributed by atoms with Gasteiger partial charge in [0.05, 0.1) is 13.2 Å². The number of halogens is 5. The van der Waals surface area contributed by atoms with Crippen molar-refractivity contribution in [2.75, 3.05) is 11.6 Å². The van der Waals surface area contributed by atoms with Crippen LogP contribution in [0.4, 0.5) is 22.0 Å². The third-order valence-corrected chi connectivity index (χ3v) is 5.59. The first-order chi connectivity index (χ1) is 18.1. The summed E-state index contributed by atoms with van der Waals surface area (Å²) in [4.78, 5) is 19.9. The lowest BCUT2D eigenvalue weighted by Crippen LogP contribution is -2.43. The summed E-state index contributed by atoms with van der Waals surface area (Å²) in [5, 5.41) is 7.42. The molecule has 0 aliphatic carbocycles. The number of aromatic nitrogens is 3. The van der Waals surface area contributed by atoms with Gasteiger partial charge in [-0.2, -0.15) is 43.9 Å². The molecule has 0 saturated carbocycles. The first-order valence-corrected chi connectivity index (χ1v) is 12.7. The zero-order valence-corrected chi connectivity index (χ0v) is 21.8. The fourth-order valence-electron chi connectivity index (χ4n) is 3.86. The van der Waals surface area contributed by atoms with E-state index in [0.29, 0.717) is 5.08 Å². The lowest BCUT2D eigenvalue weighted by atomic mass is 10.0. The maximum atomic E-state index is 14.2. The van der Waals surface area contributed by atoms with Crippen LogP contribution in [-0.2, 0) is 41.9 Å². The van der Waals surface area contributed by atoms with Crippen LogP contribution in [0.2, 0.25) is 0 Å². The zero-order valence-electron chi connectivity index (χ0n) is 20.0. The summed E-state index contributed by atoms with van der Waals surface area (Å²) in [6.07, 6.45) is -4.85. The first kappa shape index (κ1) is 29.9. The van der Waals surface area contributed by atoms with Crippen molar-refractivity contribution in [1.29, 1.82) is 0 Å². The number of nitrogens with one attached hydrogen (secondary N) is 1. The van der Waals surface area contributed by atoms with Crippen molar-refractivity contribution in [3.8, 4) is 0 Å². The molecule has 1 unspecified atom stereocenters. The highest BCUT2D eigenvalue weighted by molar-refractivity contribution is 7.98. The van der Waals surface area contributed by atoms with Crippen LogP contribution in [0.3, 0.4) is 0 Å². The highest BCUT2D eigenvalue weighted by Gasteiger charge is 2.40. The molecule has 0 spiro atoms. The van der Waals surface area contributed by atoms with Gasteiger partial charge in [-0.05, 0) is 35.7 Å². The number of thiol groups is 2. The molecule has 2 aromatic carbocycles. The summed E-state index contributed by atoms with van der Waals surface area (Å²) in [5.74, 6) is -2.72. The van der Waals surface area contributed by atoms with Crippen molar-refractivity contribution < 1.29 is 31.6 Å². The molecule has 0 radical (unpaired) electrons. The number of carbonyl (C=O) groups is 1. The van der Waals surface area contributed by atoms with E-state index in [9.17, 15) is 26.7 Å². The number of nitrogens with zero attached hydrogens (tertiary/aromatic N) is 4. The fraction of sp³-hybridized carbons (Fsp3) is 0.375. The Balaban J connectivity index is 0.00000127. The van der Waals surface area contributed by atoms with Gasteiger partial charge in [0.1, 0.15) is 11.6 Å². The molecule has 2 heterocycles. The van der Waals surface area contributed by atoms with Crippen LogP contribution in [0.15, 0.2) is 48.5 Å². The number of rotatable bonds is 8. The lowest BCUT2D eigenvalue weighted by molar-refractivity contribution is -0.148. The Morgan fingerprint density at radius 3 is 2.47 bits per heavy atom. The minimum Gasteiger partial charge on any atom is -0.333 e. The third kappa shape index (κ3) is 8.41. The van der Waals surface area contributed by atoms with E-state index >= 15 is 0 Å². The Hall–Kier alpha value is -2.68. The zero-order chi connectivity index (χ0) is 27.7. The Labute approximate surface area is 227 Å². The summed E-state index contributed by atoms with van der Waals surface area (Å²) in [5.41, 5.74) is 3.68. The van der Waals surface area contributed by atoms with E-state index in [1.807, 2.05) is 30.3 Å². The number of hydrogen-bond donors (Lipinski definition) is 3. The van der Waals surface area contributed by atoms with Gasteiger partial charge in [-0.1, -0.05) is 30.3 Å². The average molecular weight is 576 g/mol. The molecule has 206 valence electrons. The highest BCUT2D eigenvalue weighted by Crippen LogP contribution is 2.29. The molecule has 1 N–H and O–H groups in total. The van der Waals surface area contributed by atoms with Gasteiger partial charge in [-0.3, -0.25) is 9.63 Å². The smallest absolute Gasteiger partial charge is 0.333 e. The second-order valence-electron chi connectivity index (χ2n) is 8.28. The molecule has 4 rings (SSSR count). The van der Waals surface area contributed by atoms with Crippen molar-refractivity contribution in [2.24, 2.45) is 0 Å². The molecule has 1 aliphatic rings. The van der Waals surface area contributed by atoms with Crippen LogP contribution in [0, 0.1) is 11.6 Å². The lowest BCUT2D eigenvalue weighted by Gasteiger charge is -2.29. The van der Waals surface area contributed by atoms with Gasteiger partial charge in [-0.25, -0.2) is 8.78 Å². The van der Waals surface area contributed by atoms with Crippen molar-refractivity contribution in [2.45, 2.75) is 44.8 Å². The number of fused-ring (bicyclic) bond motifs is 1. The van der Waals surface area contributed by atoms with Gasteiger partial charge in [0, 0.05) is 30.6 Å². The van der Waals surface area contributed by atoms with Crippen molar-refractivity contribution in [3.05, 3.63) is 82.9 Å². The first-order valence-electron chi connectivity index (χ1n) is 11.5. The van der Waals surface area contributed by atoms with Crippen molar-refractivity contribution >= 4 is 31.2 Å². The Bertz CT molecular complexity index is 1200. The number of hydrogen-bond acceptors (Lipinski definition) is 7. The van der Waals surface area contributed by atoms with Gasteiger partial charge >= 0.3 is 6.18 Å². The Morgan fingerprint density at radius 2 is 1.79 bits per heavy atom. The molecule has 7 nitrogen and oxygen atoms in total. The summed E-state index contributed by atoms with van der Waals surface area (Å²) in [6, 6.07) is 11.5. The minimum absolute atomic E-state index is 0.0259.